The molecule has 9 atom stereocenters. The van der Waals surface area contributed by atoms with Gasteiger partial charge in [-0.05, 0) is 116 Å². The second-order valence-corrected chi connectivity index (χ2v) is 11.4. The van der Waals surface area contributed by atoms with Crippen molar-refractivity contribution in [2.24, 2.45) is 51.5 Å². The van der Waals surface area contributed by atoms with Crippen LogP contribution in [-0.4, -0.2) is 17.1 Å². The summed E-state index contributed by atoms with van der Waals surface area (Å²) in [5.41, 5.74) is 9.70. The number of azide groups is 1. The van der Waals surface area contributed by atoms with E-state index in [1.807, 2.05) is 0 Å². The molecule has 4 aliphatic rings. The molecular weight excluding hydrogens is 362 g/mol. The molecule has 0 bridgehead atoms. The van der Waals surface area contributed by atoms with Crippen LogP contribution < -0.4 is 0 Å². The number of aliphatic carboxylic acids is 1. The van der Waals surface area contributed by atoms with Gasteiger partial charge >= 0.3 is 5.97 Å². The highest BCUT2D eigenvalue weighted by Crippen LogP contribution is 2.68. The van der Waals surface area contributed by atoms with Gasteiger partial charge in [0, 0.05) is 17.4 Å². The highest BCUT2D eigenvalue weighted by atomic mass is 16.4. The summed E-state index contributed by atoms with van der Waals surface area (Å²) in [7, 11) is 0. The molecule has 0 amide bonds. The molecule has 0 heterocycles. The van der Waals surface area contributed by atoms with Crippen LogP contribution in [0.2, 0.25) is 0 Å². The maximum Gasteiger partial charge on any atom is 0.303 e. The third-order valence-corrected chi connectivity index (χ3v) is 10.4. The first kappa shape index (κ1) is 21.0. The third-order valence-electron chi connectivity index (χ3n) is 10.4. The quantitative estimate of drug-likeness (QED) is 0.311. The molecule has 162 valence electrons. The zero-order valence-electron chi connectivity index (χ0n) is 18.5. The first-order valence-corrected chi connectivity index (χ1v) is 12.1. The topological polar surface area (TPSA) is 86.1 Å². The molecule has 4 fully saturated rings. The minimum absolute atomic E-state index is 0.217. The van der Waals surface area contributed by atoms with Crippen LogP contribution in [0.5, 0.6) is 0 Å². The summed E-state index contributed by atoms with van der Waals surface area (Å²) in [6.07, 6.45) is 12.5. The van der Waals surface area contributed by atoms with E-state index in [4.69, 9.17) is 10.6 Å². The number of hydrogen-bond acceptors (Lipinski definition) is 2. The predicted octanol–water partition coefficient (Wildman–Crippen LogP) is 6.83. The van der Waals surface area contributed by atoms with E-state index in [0.29, 0.717) is 29.1 Å². The molecule has 1 N–H and O–H groups in total. The number of hydrogen-bond donors (Lipinski definition) is 1. The van der Waals surface area contributed by atoms with E-state index in [9.17, 15) is 4.79 Å². The van der Waals surface area contributed by atoms with E-state index in [2.05, 4.69) is 30.8 Å². The minimum atomic E-state index is -0.650. The Labute approximate surface area is 175 Å². The maximum atomic E-state index is 11.1. The molecule has 4 aliphatic carbocycles. The van der Waals surface area contributed by atoms with Crippen LogP contribution >= 0.6 is 0 Å². The van der Waals surface area contributed by atoms with Crippen molar-refractivity contribution in [1.82, 2.24) is 0 Å². The molecule has 2 unspecified atom stereocenters. The summed E-state index contributed by atoms with van der Waals surface area (Å²) >= 11 is 0. The van der Waals surface area contributed by atoms with Gasteiger partial charge in [0.1, 0.15) is 0 Å². The first-order chi connectivity index (χ1) is 13.8. The zero-order valence-corrected chi connectivity index (χ0v) is 18.5. The number of carbonyl (C=O) groups is 1. The summed E-state index contributed by atoms with van der Waals surface area (Å²) in [6.45, 7) is 7.42. The molecule has 0 saturated heterocycles. The highest BCUT2D eigenvalue weighted by molar-refractivity contribution is 5.66. The van der Waals surface area contributed by atoms with Crippen LogP contribution in [0.3, 0.4) is 0 Å². The third kappa shape index (κ3) is 3.48. The minimum Gasteiger partial charge on any atom is -0.481 e. The molecule has 0 aliphatic heterocycles. The van der Waals surface area contributed by atoms with E-state index in [0.717, 1.165) is 42.9 Å². The molecule has 0 aromatic heterocycles. The van der Waals surface area contributed by atoms with E-state index in [1.54, 1.807) is 0 Å². The van der Waals surface area contributed by atoms with Crippen molar-refractivity contribution < 1.29 is 9.90 Å². The van der Waals surface area contributed by atoms with Gasteiger partial charge in [-0.1, -0.05) is 25.9 Å². The van der Waals surface area contributed by atoms with Crippen molar-refractivity contribution >= 4 is 5.97 Å². The number of carboxylic acids is 1. The molecule has 5 nitrogen and oxygen atoms in total. The maximum absolute atomic E-state index is 11.1. The average Bonchev–Trinajstić information content (AvgIpc) is 3.04. The van der Waals surface area contributed by atoms with Crippen LogP contribution in [0.25, 0.3) is 10.4 Å². The number of carboxylic acid groups (broad SMARTS) is 1. The Morgan fingerprint density at radius 3 is 2.55 bits per heavy atom. The van der Waals surface area contributed by atoms with Gasteiger partial charge in [0.2, 0.25) is 0 Å². The van der Waals surface area contributed by atoms with Crippen molar-refractivity contribution in [3.63, 3.8) is 0 Å². The second-order valence-electron chi connectivity index (χ2n) is 11.4. The normalized spacial score (nSPS) is 47.3. The van der Waals surface area contributed by atoms with Crippen molar-refractivity contribution in [2.45, 2.75) is 97.4 Å². The van der Waals surface area contributed by atoms with Gasteiger partial charge in [0.15, 0.2) is 0 Å². The Bertz CT molecular complexity index is 690. The molecule has 4 rings (SSSR count). The standard InChI is InChI=1S/C24H39N3O2/c1-15(4-9-22(28)29)19-7-8-20-18-6-5-16-14-17(26-27-25)10-12-23(16,2)21(18)11-13-24(19,20)3/h15-21H,4-14H2,1-3H3,(H,28,29)/t15-,16?,17?,18+,19-,20+,21+,23+,24-/m1/s1. The fourth-order valence-corrected chi connectivity index (χ4v) is 8.94. The van der Waals surface area contributed by atoms with Crippen molar-refractivity contribution in [3.05, 3.63) is 10.4 Å². The fraction of sp³-hybridized carbons (Fsp3) is 0.958. The van der Waals surface area contributed by atoms with Gasteiger partial charge in [-0.2, -0.15) is 0 Å². The molecule has 5 heteroatoms. The molecule has 0 aromatic rings. The molecule has 29 heavy (non-hydrogen) atoms. The highest BCUT2D eigenvalue weighted by Gasteiger charge is 2.60. The first-order valence-electron chi connectivity index (χ1n) is 12.1. The summed E-state index contributed by atoms with van der Waals surface area (Å²) in [5, 5.41) is 13.2. The van der Waals surface area contributed by atoms with Crippen molar-refractivity contribution in [1.29, 1.82) is 0 Å². The summed E-state index contributed by atoms with van der Waals surface area (Å²) in [4.78, 5) is 14.2. The van der Waals surface area contributed by atoms with E-state index in [-0.39, 0.29) is 6.04 Å². The smallest absolute Gasteiger partial charge is 0.303 e. The Morgan fingerprint density at radius 2 is 1.83 bits per heavy atom. The predicted molar refractivity (Wildman–Crippen MR) is 114 cm³/mol. The summed E-state index contributed by atoms with van der Waals surface area (Å²) in [6, 6.07) is 0.217. The van der Waals surface area contributed by atoms with Crippen LogP contribution in [-0.2, 0) is 4.79 Å². The molecule has 4 saturated carbocycles. The molecule has 0 spiro atoms. The van der Waals surface area contributed by atoms with Gasteiger partial charge in [0.05, 0.1) is 0 Å². The van der Waals surface area contributed by atoms with Gasteiger partial charge in [-0.25, -0.2) is 0 Å². The van der Waals surface area contributed by atoms with Gasteiger partial charge in [-0.3, -0.25) is 4.79 Å². The number of fused-ring (bicyclic) bond motifs is 5. The Balaban J connectivity index is 1.49. The monoisotopic (exact) mass is 401 g/mol. The van der Waals surface area contributed by atoms with Crippen LogP contribution in [0.1, 0.15) is 91.4 Å². The zero-order chi connectivity index (χ0) is 20.8. The lowest BCUT2D eigenvalue weighted by Crippen LogP contribution is -2.54. The van der Waals surface area contributed by atoms with Crippen molar-refractivity contribution in [3.8, 4) is 0 Å². The molecule has 0 radical (unpaired) electrons. The summed E-state index contributed by atoms with van der Waals surface area (Å²) in [5.74, 6) is 3.79. The lowest BCUT2D eigenvalue weighted by Gasteiger charge is -2.61. The average molecular weight is 402 g/mol. The Kier molecular flexibility index (Phi) is 5.65. The van der Waals surface area contributed by atoms with Gasteiger partial charge < -0.3 is 5.11 Å². The van der Waals surface area contributed by atoms with E-state index < -0.39 is 5.97 Å². The second kappa shape index (κ2) is 7.80. The van der Waals surface area contributed by atoms with Gasteiger partial charge in [0.25, 0.3) is 0 Å². The number of rotatable bonds is 5. The van der Waals surface area contributed by atoms with E-state index in [1.165, 1.54) is 44.9 Å². The fourth-order valence-electron chi connectivity index (χ4n) is 8.94. The largest absolute Gasteiger partial charge is 0.481 e. The van der Waals surface area contributed by atoms with Crippen molar-refractivity contribution in [2.75, 3.05) is 0 Å². The lowest BCUT2D eigenvalue weighted by molar-refractivity contribution is -0.137. The Hall–Kier alpha value is -1.22. The van der Waals surface area contributed by atoms with Crippen LogP contribution in [0.4, 0.5) is 0 Å². The lowest BCUT2D eigenvalue weighted by atomic mass is 9.44. The molecular formula is C24H39N3O2. The van der Waals surface area contributed by atoms with Crippen LogP contribution in [0, 0.1) is 46.3 Å². The SMILES string of the molecule is C[C@H](CCC(=O)O)[C@H]1CC[C@H]2[C@@H]3CCC4CC(N=[N+]=[N-])CC[C@]4(C)[C@H]3CC[C@]12C. The number of nitrogens with zero attached hydrogens (tertiary/aromatic N) is 3. The summed E-state index contributed by atoms with van der Waals surface area (Å²) < 4.78 is 0. The van der Waals surface area contributed by atoms with Gasteiger partial charge in [-0.15, -0.1) is 0 Å². The van der Waals surface area contributed by atoms with Crippen LogP contribution in [0.15, 0.2) is 5.11 Å². The molecule has 0 aromatic carbocycles. The van der Waals surface area contributed by atoms with E-state index >= 15 is 0 Å². The Morgan fingerprint density at radius 1 is 1.10 bits per heavy atom.